The summed E-state index contributed by atoms with van der Waals surface area (Å²) in [5.41, 5.74) is 1.80. The minimum absolute atomic E-state index is 0.0931. The highest BCUT2D eigenvalue weighted by Crippen LogP contribution is 2.27. The Labute approximate surface area is 173 Å². The standard InChI is InChI=1S/C25H21F4N/c1-3-4-5-20-21(26)12-17(13-22(20)27)7-6-16-8-10-18(11-9-16)19-14-23(28)25(30-2)24(29)15-19/h8-15,30H,3-5H2,1-2H3. The van der Waals surface area contributed by atoms with Gasteiger partial charge in [-0.3, -0.25) is 0 Å². The molecule has 0 amide bonds. The van der Waals surface area contributed by atoms with Crippen molar-refractivity contribution in [1.82, 2.24) is 0 Å². The highest BCUT2D eigenvalue weighted by atomic mass is 19.1. The molecule has 1 nitrogen and oxygen atoms in total. The van der Waals surface area contributed by atoms with Crippen LogP contribution in [0, 0.1) is 35.1 Å². The van der Waals surface area contributed by atoms with Crippen molar-refractivity contribution in [2.24, 2.45) is 0 Å². The van der Waals surface area contributed by atoms with Crippen LogP contribution in [0.2, 0.25) is 0 Å². The van der Waals surface area contributed by atoms with Crippen LogP contribution in [0.5, 0.6) is 0 Å². The molecule has 5 heteroatoms. The van der Waals surface area contributed by atoms with E-state index < -0.39 is 23.3 Å². The van der Waals surface area contributed by atoms with Crippen LogP contribution in [0.1, 0.15) is 36.5 Å². The van der Waals surface area contributed by atoms with Crippen LogP contribution in [0.25, 0.3) is 11.1 Å². The maximum atomic E-state index is 14.1. The summed E-state index contributed by atoms with van der Waals surface area (Å²) in [7, 11) is 1.45. The topological polar surface area (TPSA) is 12.0 Å². The molecule has 0 radical (unpaired) electrons. The van der Waals surface area contributed by atoms with Crippen molar-refractivity contribution in [3.8, 4) is 23.0 Å². The van der Waals surface area contributed by atoms with E-state index in [-0.39, 0.29) is 16.8 Å². The summed E-state index contributed by atoms with van der Waals surface area (Å²) in [5.74, 6) is 3.09. The SMILES string of the molecule is CCCCc1c(F)cc(C#Cc2ccc(-c3cc(F)c(NC)c(F)c3)cc2)cc1F. The Morgan fingerprint density at radius 1 is 0.733 bits per heavy atom. The van der Waals surface area contributed by atoms with Crippen LogP contribution in [0.4, 0.5) is 23.2 Å². The van der Waals surface area contributed by atoms with Crippen LogP contribution < -0.4 is 5.32 Å². The van der Waals surface area contributed by atoms with Crippen molar-refractivity contribution >= 4 is 5.69 Å². The van der Waals surface area contributed by atoms with Crippen molar-refractivity contribution < 1.29 is 17.6 Å². The zero-order chi connectivity index (χ0) is 21.7. The lowest BCUT2D eigenvalue weighted by Crippen LogP contribution is -1.97. The molecule has 3 aromatic carbocycles. The monoisotopic (exact) mass is 411 g/mol. The van der Waals surface area contributed by atoms with E-state index in [0.717, 1.165) is 12.8 Å². The van der Waals surface area contributed by atoms with Gasteiger partial charge in [-0.05, 0) is 60.4 Å². The minimum Gasteiger partial charge on any atom is -0.383 e. The van der Waals surface area contributed by atoms with Gasteiger partial charge in [0, 0.05) is 23.7 Å². The Bertz CT molecular complexity index is 1060. The molecule has 1 N–H and O–H groups in total. The van der Waals surface area contributed by atoms with Gasteiger partial charge in [0.1, 0.15) is 29.0 Å². The first-order valence-corrected chi connectivity index (χ1v) is 9.70. The number of anilines is 1. The molecule has 154 valence electrons. The van der Waals surface area contributed by atoms with Gasteiger partial charge in [-0.2, -0.15) is 0 Å². The Morgan fingerprint density at radius 3 is 1.83 bits per heavy atom. The smallest absolute Gasteiger partial charge is 0.149 e. The van der Waals surface area contributed by atoms with Crippen molar-refractivity contribution in [3.63, 3.8) is 0 Å². The maximum absolute atomic E-state index is 14.1. The van der Waals surface area contributed by atoms with Gasteiger partial charge in [0.2, 0.25) is 0 Å². The molecule has 0 aliphatic heterocycles. The van der Waals surface area contributed by atoms with Crippen LogP contribution in [0.15, 0.2) is 48.5 Å². The van der Waals surface area contributed by atoms with Gasteiger partial charge < -0.3 is 5.32 Å². The summed E-state index contributed by atoms with van der Waals surface area (Å²) in [4.78, 5) is 0. The van der Waals surface area contributed by atoms with Crippen LogP contribution in [0.3, 0.4) is 0 Å². The van der Waals surface area contributed by atoms with E-state index in [1.807, 2.05) is 6.92 Å². The average Bonchev–Trinajstić information content (AvgIpc) is 2.72. The van der Waals surface area contributed by atoms with E-state index in [1.54, 1.807) is 24.3 Å². The van der Waals surface area contributed by atoms with Crippen molar-refractivity contribution in [1.29, 1.82) is 0 Å². The number of hydrogen-bond acceptors (Lipinski definition) is 1. The normalized spacial score (nSPS) is 10.5. The second kappa shape index (κ2) is 9.49. The van der Waals surface area contributed by atoms with Gasteiger partial charge in [0.25, 0.3) is 0 Å². The summed E-state index contributed by atoms with van der Waals surface area (Å²) in [5, 5.41) is 2.48. The lowest BCUT2D eigenvalue weighted by Gasteiger charge is -2.08. The number of unbranched alkanes of at least 4 members (excludes halogenated alkanes) is 1. The van der Waals surface area contributed by atoms with Gasteiger partial charge in [-0.15, -0.1) is 0 Å². The summed E-state index contributed by atoms with van der Waals surface area (Å²) in [6.07, 6.45) is 1.94. The van der Waals surface area contributed by atoms with E-state index >= 15 is 0 Å². The van der Waals surface area contributed by atoms with E-state index in [1.165, 1.54) is 31.3 Å². The van der Waals surface area contributed by atoms with Crippen LogP contribution in [-0.4, -0.2) is 7.05 Å². The van der Waals surface area contributed by atoms with Gasteiger partial charge in [-0.25, -0.2) is 17.6 Å². The predicted octanol–water partition coefficient (Wildman–Crippen LogP) is 6.69. The highest BCUT2D eigenvalue weighted by molar-refractivity contribution is 5.67. The van der Waals surface area contributed by atoms with Gasteiger partial charge in [-0.1, -0.05) is 37.3 Å². The molecule has 0 saturated carbocycles. The summed E-state index contributed by atoms with van der Waals surface area (Å²) >= 11 is 0. The van der Waals surface area contributed by atoms with E-state index in [9.17, 15) is 17.6 Å². The lowest BCUT2D eigenvalue weighted by molar-refractivity contribution is 0.548. The Morgan fingerprint density at radius 2 is 1.30 bits per heavy atom. The predicted molar refractivity (Wildman–Crippen MR) is 112 cm³/mol. The molecule has 3 rings (SSSR count). The van der Waals surface area contributed by atoms with E-state index in [0.29, 0.717) is 23.1 Å². The molecular formula is C25H21F4N. The number of benzene rings is 3. The number of halogens is 4. The maximum Gasteiger partial charge on any atom is 0.149 e. The molecule has 30 heavy (non-hydrogen) atoms. The third kappa shape index (κ3) is 4.83. The first-order valence-electron chi connectivity index (χ1n) is 9.70. The van der Waals surface area contributed by atoms with Crippen molar-refractivity contribution in [2.75, 3.05) is 12.4 Å². The Hall–Kier alpha value is -3.26. The molecule has 0 fully saturated rings. The third-order valence-electron chi connectivity index (χ3n) is 4.78. The molecule has 0 aliphatic rings. The van der Waals surface area contributed by atoms with Crippen LogP contribution in [-0.2, 0) is 6.42 Å². The zero-order valence-corrected chi connectivity index (χ0v) is 16.8. The molecule has 0 unspecified atom stereocenters. The number of nitrogens with one attached hydrogen (secondary N) is 1. The summed E-state index contributed by atoms with van der Waals surface area (Å²) < 4.78 is 56.2. The van der Waals surface area contributed by atoms with Gasteiger partial charge in [0.15, 0.2) is 0 Å². The molecule has 0 aliphatic carbocycles. The van der Waals surface area contributed by atoms with Gasteiger partial charge in [0.05, 0.1) is 0 Å². The fourth-order valence-corrected chi connectivity index (χ4v) is 3.14. The fourth-order valence-electron chi connectivity index (χ4n) is 3.14. The molecule has 0 heterocycles. The molecule has 0 saturated heterocycles. The Balaban J connectivity index is 1.82. The van der Waals surface area contributed by atoms with E-state index in [2.05, 4.69) is 17.2 Å². The minimum atomic E-state index is -0.678. The zero-order valence-electron chi connectivity index (χ0n) is 16.8. The molecule has 0 spiro atoms. The van der Waals surface area contributed by atoms with Gasteiger partial charge >= 0.3 is 0 Å². The van der Waals surface area contributed by atoms with E-state index in [4.69, 9.17) is 0 Å². The Kier molecular flexibility index (Phi) is 6.79. The summed E-state index contributed by atoms with van der Waals surface area (Å²) in [6.45, 7) is 1.96. The number of hydrogen-bond donors (Lipinski definition) is 1. The first kappa shape index (κ1) is 21.4. The molecule has 0 bridgehead atoms. The third-order valence-corrected chi connectivity index (χ3v) is 4.78. The number of rotatable bonds is 5. The molecule has 0 aromatic heterocycles. The summed E-state index contributed by atoms with van der Waals surface area (Å²) in [6, 6.07) is 11.7. The largest absolute Gasteiger partial charge is 0.383 e. The quantitative estimate of drug-likeness (QED) is 0.364. The second-order valence-electron chi connectivity index (χ2n) is 6.91. The molecular weight excluding hydrogens is 390 g/mol. The molecule has 3 aromatic rings. The van der Waals surface area contributed by atoms with Crippen LogP contribution >= 0.6 is 0 Å². The second-order valence-corrected chi connectivity index (χ2v) is 6.91. The van der Waals surface area contributed by atoms with Crippen molar-refractivity contribution in [2.45, 2.75) is 26.2 Å². The highest BCUT2D eigenvalue weighted by Gasteiger charge is 2.11. The van der Waals surface area contributed by atoms with Crippen molar-refractivity contribution in [3.05, 3.63) is 88.5 Å². The average molecular weight is 411 g/mol. The molecule has 0 atom stereocenters. The fraction of sp³-hybridized carbons (Fsp3) is 0.200. The lowest BCUT2D eigenvalue weighted by atomic mass is 10.0. The first-order chi connectivity index (χ1) is 14.4.